The molecule has 1 aliphatic carbocycles. The lowest BCUT2D eigenvalue weighted by molar-refractivity contribution is -0.122. The quantitative estimate of drug-likeness (QED) is 0.772. The molecule has 1 saturated carbocycles. The largest absolute Gasteiger partial charge is 0.381 e. The van der Waals surface area contributed by atoms with Gasteiger partial charge in [0.15, 0.2) is 0 Å². The van der Waals surface area contributed by atoms with Crippen LogP contribution in [0.4, 0.5) is 0 Å². The van der Waals surface area contributed by atoms with Crippen LogP contribution in [0.5, 0.6) is 0 Å². The van der Waals surface area contributed by atoms with E-state index in [4.69, 9.17) is 4.74 Å². The van der Waals surface area contributed by atoms with Crippen molar-refractivity contribution in [2.75, 3.05) is 20.2 Å². The zero-order valence-corrected chi connectivity index (χ0v) is 10.7. The Balaban J connectivity index is 1.66. The molecule has 4 nitrogen and oxygen atoms in total. The summed E-state index contributed by atoms with van der Waals surface area (Å²) in [4.78, 5) is 11.9. The fraction of sp³-hybridized carbons (Fsp3) is 0.923. The van der Waals surface area contributed by atoms with Gasteiger partial charge in [0.05, 0.1) is 6.10 Å². The Labute approximate surface area is 103 Å². The lowest BCUT2D eigenvalue weighted by atomic mass is 9.94. The van der Waals surface area contributed by atoms with E-state index in [2.05, 4.69) is 10.6 Å². The summed E-state index contributed by atoms with van der Waals surface area (Å²) >= 11 is 0. The number of rotatable bonds is 4. The summed E-state index contributed by atoms with van der Waals surface area (Å²) < 4.78 is 5.31. The second-order valence-corrected chi connectivity index (χ2v) is 5.33. The van der Waals surface area contributed by atoms with Gasteiger partial charge in [-0.15, -0.1) is 0 Å². The molecular weight excluding hydrogens is 216 g/mol. The predicted octanol–water partition coefficient (Wildman–Crippen LogP) is 1.06. The molecule has 0 aromatic heterocycles. The van der Waals surface area contributed by atoms with Crippen LogP contribution in [0.1, 0.15) is 38.5 Å². The first kappa shape index (κ1) is 12.8. The van der Waals surface area contributed by atoms with E-state index >= 15 is 0 Å². The molecule has 2 fully saturated rings. The number of amides is 1. The second kappa shape index (κ2) is 6.36. The zero-order valence-electron chi connectivity index (χ0n) is 10.7. The van der Waals surface area contributed by atoms with Crippen molar-refractivity contribution < 1.29 is 9.53 Å². The Morgan fingerprint density at radius 1 is 1.29 bits per heavy atom. The minimum atomic E-state index is 0.235. The van der Waals surface area contributed by atoms with Gasteiger partial charge in [0.1, 0.15) is 0 Å². The number of hydrogen-bond acceptors (Lipinski definition) is 3. The Hall–Kier alpha value is -0.610. The fourth-order valence-corrected chi connectivity index (χ4v) is 2.92. The molecule has 1 saturated heterocycles. The van der Waals surface area contributed by atoms with Gasteiger partial charge in [-0.05, 0) is 51.1 Å². The van der Waals surface area contributed by atoms with Gasteiger partial charge in [-0.3, -0.25) is 4.79 Å². The first-order valence-corrected chi connectivity index (χ1v) is 6.81. The van der Waals surface area contributed by atoms with Crippen LogP contribution in [0, 0.1) is 5.92 Å². The van der Waals surface area contributed by atoms with Crippen molar-refractivity contribution in [3.05, 3.63) is 0 Å². The summed E-state index contributed by atoms with van der Waals surface area (Å²) in [7, 11) is 1.75. The lowest BCUT2D eigenvalue weighted by Gasteiger charge is -2.23. The molecule has 1 amide bonds. The van der Waals surface area contributed by atoms with Crippen LogP contribution in [0.3, 0.4) is 0 Å². The smallest absolute Gasteiger partial charge is 0.220 e. The number of hydrogen-bond donors (Lipinski definition) is 2. The first-order valence-electron chi connectivity index (χ1n) is 6.81. The number of nitrogens with one attached hydrogen (secondary N) is 2. The van der Waals surface area contributed by atoms with E-state index in [1.165, 1.54) is 0 Å². The Morgan fingerprint density at radius 3 is 2.71 bits per heavy atom. The van der Waals surface area contributed by atoms with Crippen LogP contribution in [-0.4, -0.2) is 38.3 Å². The van der Waals surface area contributed by atoms with Gasteiger partial charge in [-0.1, -0.05) is 0 Å². The molecule has 2 aliphatic rings. The van der Waals surface area contributed by atoms with E-state index in [0.29, 0.717) is 24.5 Å². The minimum Gasteiger partial charge on any atom is -0.381 e. The number of carbonyl (C=O) groups excluding carboxylic acids is 1. The van der Waals surface area contributed by atoms with E-state index in [-0.39, 0.29) is 5.91 Å². The third kappa shape index (κ3) is 3.96. The summed E-state index contributed by atoms with van der Waals surface area (Å²) in [5.41, 5.74) is 0. The Kier molecular flexibility index (Phi) is 4.80. The van der Waals surface area contributed by atoms with Crippen LogP contribution >= 0.6 is 0 Å². The first-order chi connectivity index (χ1) is 8.28. The van der Waals surface area contributed by atoms with E-state index in [9.17, 15) is 4.79 Å². The van der Waals surface area contributed by atoms with E-state index in [1.807, 2.05) is 0 Å². The van der Waals surface area contributed by atoms with E-state index in [1.54, 1.807) is 7.11 Å². The van der Waals surface area contributed by atoms with Gasteiger partial charge in [0.2, 0.25) is 5.91 Å². The molecule has 0 spiro atoms. The monoisotopic (exact) mass is 240 g/mol. The molecule has 2 unspecified atom stereocenters. The second-order valence-electron chi connectivity index (χ2n) is 5.33. The molecule has 2 atom stereocenters. The molecule has 1 heterocycles. The molecule has 0 radical (unpaired) electrons. The van der Waals surface area contributed by atoms with Crippen LogP contribution in [0.2, 0.25) is 0 Å². The third-order valence-corrected chi connectivity index (χ3v) is 4.02. The lowest BCUT2D eigenvalue weighted by Crippen LogP contribution is -2.36. The highest BCUT2D eigenvalue weighted by Crippen LogP contribution is 2.22. The van der Waals surface area contributed by atoms with Crippen molar-refractivity contribution in [3.8, 4) is 0 Å². The van der Waals surface area contributed by atoms with Gasteiger partial charge in [-0.25, -0.2) is 0 Å². The topological polar surface area (TPSA) is 50.4 Å². The van der Waals surface area contributed by atoms with Crippen molar-refractivity contribution >= 4 is 5.91 Å². The molecule has 0 aromatic rings. The third-order valence-electron chi connectivity index (χ3n) is 4.02. The van der Waals surface area contributed by atoms with Crippen LogP contribution < -0.4 is 10.6 Å². The molecular formula is C13H24N2O2. The van der Waals surface area contributed by atoms with Gasteiger partial charge in [0.25, 0.3) is 0 Å². The highest BCUT2D eigenvalue weighted by atomic mass is 16.5. The molecule has 0 bridgehead atoms. The standard InChI is InChI=1S/C13H24N2O2/c1-17-12-3-2-11(9-12)15-13(16)8-10-4-6-14-7-5-10/h10-12,14H,2-9H2,1H3,(H,15,16). The SMILES string of the molecule is COC1CCC(NC(=O)CC2CCNCC2)C1. The number of methoxy groups -OCH3 is 1. The summed E-state index contributed by atoms with van der Waals surface area (Å²) in [5, 5.41) is 6.48. The summed E-state index contributed by atoms with van der Waals surface area (Å²) in [6.45, 7) is 2.13. The number of piperidine rings is 1. The molecule has 2 N–H and O–H groups in total. The maximum absolute atomic E-state index is 11.9. The Bertz CT molecular complexity index is 252. The van der Waals surface area contributed by atoms with E-state index in [0.717, 1.165) is 45.2 Å². The van der Waals surface area contributed by atoms with Crippen LogP contribution in [0.15, 0.2) is 0 Å². The highest BCUT2D eigenvalue weighted by Gasteiger charge is 2.26. The summed E-state index contributed by atoms with van der Waals surface area (Å²) in [6.07, 6.45) is 6.45. The van der Waals surface area contributed by atoms with Crippen LogP contribution in [0.25, 0.3) is 0 Å². The Morgan fingerprint density at radius 2 is 2.06 bits per heavy atom. The zero-order chi connectivity index (χ0) is 12.1. The van der Waals surface area contributed by atoms with Crippen LogP contribution in [-0.2, 0) is 9.53 Å². The molecule has 17 heavy (non-hydrogen) atoms. The van der Waals surface area contributed by atoms with Gasteiger partial charge >= 0.3 is 0 Å². The van der Waals surface area contributed by atoms with Crippen molar-refractivity contribution in [2.45, 2.75) is 50.7 Å². The normalized spacial score (nSPS) is 30.4. The van der Waals surface area contributed by atoms with Crippen molar-refractivity contribution in [1.82, 2.24) is 10.6 Å². The number of ether oxygens (including phenoxy) is 1. The van der Waals surface area contributed by atoms with Crippen molar-refractivity contribution in [1.29, 1.82) is 0 Å². The average molecular weight is 240 g/mol. The molecule has 4 heteroatoms. The maximum Gasteiger partial charge on any atom is 0.220 e. The van der Waals surface area contributed by atoms with Gasteiger partial charge < -0.3 is 15.4 Å². The van der Waals surface area contributed by atoms with Crippen molar-refractivity contribution in [2.24, 2.45) is 5.92 Å². The minimum absolute atomic E-state index is 0.235. The summed E-state index contributed by atoms with van der Waals surface area (Å²) in [5.74, 6) is 0.814. The molecule has 98 valence electrons. The number of carbonyl (C=O) groups is 1. The summed E-state index contributed by atoms with van der Waals surface area (Å²) in [6, 6.07) is 0.342. The molecule has 0 aromatic carbocycles. The molecule has 1 aliphatic heterocycles. The predicted molar refractivity (Wildman–Crippen MR) is 66.8 cm³/mol. The maximum atomic E-state index is 11.9. The highest BCUT2D eigenvalue weighted by molar-refractivity contribution is 5.76. The van der Waals surface area contributed by atoms with Gasteiger partial charge in [-0.2, -0.15) is 0 Å². The average Bonchev–Trinajstić information content (AvgIpc) is 2.78. The van der Waals surface area contributed by atoms with E-state index < -0.39 is 0 Å². The van der Waals surface area contributed by atoms with Crippen molar-refractivity contribution in [3.63, 3.8) is 0 Å². The van der Waals surface area contributed by atoms with Gasteiger partial charge in [0, 0.05) is 19.6 Å². The molecule has 2 rings (SSSR count). The fourth-order valence-electron chi connectivity index (χ4n) is 2.92.